The second kappa shape index (κ2) is 4.34. The summed E-state index contributed by atoms with van der Waals surface area (Å²) in [5.41, 5.74) is 5.20. The van der Waals surface area contributed by atoms with E-state index in [1.807, 2.05) is 0 Å². The van der Waals surface area contributed by atoms with Gasteiger partial charge in [-0.25, -0.2) is 0 Å². The number of carbonyl (C=O) groups is 1. The Morgan fingerprint density at radius 3 is 2.64 bits per heavy atom. The molecule has 3 nitrogen and oxygen atoms in total. The molecule has 1 aliphatic carbocycles. The first-order valence-corrected chi connectivity index (χ1v) is 4.22. The van der Waals surface area contributed by atoms with Crippen molar-refractivity contribution in [1.29, 1.82) is 0 Å². The maximum absolute atomic E-state index is 10.9. The fourth-order valence-electron chi connectivity index (χ4n) is 1.37. The number of ether oxygens (including phenoxy) is 1. The first kappa shape index (κ1) is 8.53. The van der Waals surface area contributed by atoms with Crippen molar-refractivity contribution < 1.29 is 9.53 Å². The van der Waals surface area contributed by atoms with Crippen molar-refractivity contribution in [2.45, 2.75) is 38.2 Å². The molecule has 11 heavy (non-hydrogen) atoms. The Labute approximate surface area is 66.9 Å². The lowest BCUT2D eigenvalue weighted by Gasteiger charge is -2.09. The highest BCUT2D eigenvalue weighted by molar-refractivity contribution is 5.69. The molecule has 64 valence electrons. The van der Waals surface area contributed by atoms with Gasteiger partial charge in [0.2, 0.25) is 0 Å². The summed E-state index contributed by atoms with van der Waals surface area (Å²) in [7, 11) is 0. The van der Waals surface area contributed by atoms with E-state index in [1.54, 1.807) is 0 Å². The molecule has 0 unspecified atom stereocenters. The molecule has 1 fully saturated rings. The van der Waals surface area contributed by atoms with Gasteiger partial charge in [-0.1, -0.05) is 0 Å². The number of nitrogens with two attached hydrogens (primary N) is 1. The van der Waals surface area contributed by atoms with Gasteiger partial charge in [-0.2, -0.15) is 0 Å². The van der Waals surface area contributed by atoms with Crippen molar-refractivity contribution in [3.63, 3.8) is 0 Å². The SMILES string of the molecule is NCCC(=O)OC1CCCC1. The largest absolute Gasteiger partial charge is 0.462 e. The second-order valence-corrected chi connectivity index (χ2v) is 2.94. The van der Waals surface area contributed by atoms with E-state index < -0.39 is 0 Å². The van der Waals surface area contributed by atoms with Crippen LogP contribution in [0, 0.1) is 0 Å². The fraction of sp³-hybridized carbons (Fsp3) is 0.875. The lowest BCUT2D eigenvalue weighted by atomic mass is 10.3. The zero-order chi connectivity index (χ0) is 8.10. The summed E-state index contributed by atoms with van der Waals surface area (Å²) < 4.78 is 5.13. The predicted octanol–water partition coefficient (Wildman–Crippen LogP) is 0.821. The highest BCUT2D eigenvalue weighted by Gasteiger charge is 2.18. The van der Waals surface area contributed by atoms with Gasteiger partial charge >= 0.3 is 5.97 Å². The van der Waals surface area contributed by atoms with Crippen LogP contribution < -0.4 is 5.73 Å². The zero-order valence-corrected chi connectivity index (χ0v) is 6.71. The summed E-state index contributed by atoms with van der Waals surface area (Å²) in [5.74, 6) is -0.139. The smallest absolute Gasteiger partial charge is 0.307 e. The Bertz CT molecular complexity index is 130. The highest BCUT2D eigenvalue weighted by atomic mass is 16.5. The van der Waals surface area contributed by atoms with Crippen molar-refractivity contribution in [3.8, 4) is 0 Å². The molecule has 0 spiro atoms. The quantitative estimate of drug-likeness (QED) is 0.617. The Morgan fingerprint density at radius 2 is 2.09 bits per heavy atom. The van der Waals surface area contributed by atoms with E-state index in [1.165, 1.54) is 12.8 Å². The fourth-order valence-corrected chi connectivity index (χ4v) is 1.37. The minimum absolute atomic E-state index is 0.139. The third-order valence-corrected chi connectivity index (χ3v) is 1.95. The van der Waals surface area contributed by atoms with E-state index in [0.717, 1.165) is 12.8 Å². The zero-order valence-electron chi connectivity index (χ0n) is 6.71. The number of carbonyl (C=O) groups excluding carboxylic acids is 1. The molecule has 0 atom stereocenters. The van der Waals surface area contributed by atoms with Gasteiger partial charge in [0.1, 0.15) is 6.10 Å². The highest BCUT2D eigenvalue weighted by Crippen LogP contribution is 2.21. The Kier molecular flexibility index (Phi) is 3.36. The lowest BCUT2D eigenvalue weighted by Crippen LogP contribution is -2.17. The van der Waals surface area contributed by atoms with E-state index in [-0.39, 0.29) is 12.1 Å². The van der Waals surface area contributed by atoms with Gasteiger partial charge in [-0.05, 0) is 25.7 Å². The molecule has 0 aromatic rings. The topological polar surface area (TPSA) is 52.3 Å². The minimum Gasteiger partial charge on any atom is -0.462 e. The average molecular weight is 157 g/mol. The normalized spacial score (nSPS) is 18.6. The van der Waals surface area contributed by atoms with Crippen LogP contribution in [0.1, 0.15) is 32.1 Å². The molecule has 2 N–H and O–H groups in total. The maximum atomic E-state index is 10.9. The number of rotatable bonds is 3. The molecule has 1 rings (SSSR count). The molecule has 0 aromatic heterocycles. The van der Waals surface area contributed by atoms with Crippen LogP contribution in [0.4, 0.5) is 0 Å². The van der Waals surface area contributed by atoms with E-state index in [9.17, 15) is 4.79 Å². The molecule has 1 aliphatic rings. The van der Waals surface area contributed by atoms with Crippen molar-refractivity contribution in [1.82, 2.24) is 0 Å². The van der Waals surface area contributed by atoms with E-state index in [0.29, 0.717) is 13.0 Å². The molecule has 0 heterocycles. The van der Waals surface area contributed by atoms with E-state index in [4.69, 9.17) is 10.5 Å². The summed E-state index contributed by atoms with van der Waals surface area (Å²) in [4.78, 5) is 10.9. The van der Waals surface area contributed by atoms with Crippen LogP contribution in [-0.4, -0.2) is 18.6 Å². The molecule has 0 aromatic carbocycles. The summed E-state index contributed by atoms with van der Waals surface area (Å²) in [5, 5.41) is 0. The summed E-state index contributed by atoms with van der Waals surface area (Å²) in [6, 6.07) is 0. The van der Waals surface area contributed by atoms with Gasteiger partial charge in [-0.15, -0.1) is 0 Å². The van der Waals surface area contributed by atoms with Gasteiger partial charge in [0, 0.05) is 6.54 Å². The first-order chi connectivity index (χ1) is 5.33. The second-order valence-electron chi connectivity index (χ2n) is 2.94. The molecule has 0 radical (unpaired) electrons. The van der Waals surface area contributed by atoms with Crippen molar-refractivity contribution >= 4 is 5.97 Å². The first-order valence-electron chi connectivity index (χ1n) is 4.22. The van der Waals surface area contributed by atoms with Crippen LogP contribution in [0.15, 0.2) is 0 Å². The summed E-state index contributed by atoms with van der Waals surface area (Å²) in [6.07, 6.45) is 5.01. The molecular formula is C8H15NO2. The Morgan fingerprint density at radius 1 is 1.45 bits per heavy atom. The van der Waals surface area contributed by atoms with Crippen molar-refractivity contribution in [2.24, 2.45) is 5.73 Å². The number of esters is 1. The monoisotopic (exact) mass is 157 g/mol. The van der Waals surface area contributed by atoms with Crippen LogP contribution in [0.25, 0.3) is 0 Å². The average Bonchev–Trinajstić information content (AvgIpc) is 2.40. The molecule has 0 saturated heterocycles. The molecule has 0 bridgehead atoms. The van der Waals surface area contributed by atoms with Crippen LogP contribution in [-0.2, 0) is 9.53 Å². The van der Waals surface area contributed by atoms with Crippen LogP contribution >= 0.6 is 0 Å². The summed E-state index contributed by atoms with van der Waals surface area (Å²) in [6.45, 7) is 0.394. The number of hydrogen-bond acceptors (Lipinski definition) is 3. The maximum Gasteiger partial charge on any atom is 0.307 e. The molecule has 0 amide bonds. The third-order valence-electron chi connectivity index (χ3n) is 1.95. The van der Waals surface area contributed by atoms with E-state index >= 15 is 0 Å². The van der Waals surface area contributed by atoms with Crippen LogP contribution in [0.2, 0.25) is 0 Å². The lowest BCUT2D eigenvalue weighted by molar-refractivity contribution is -0.148. The van der Waals surface area contributed by atoms with Gasteiger partial charge in [0.15, 0.2) is 0 Å². The van der Waals surface area contributed by atoms with Gasteiger partial charge in [-0.3, -0.25) is 4.79 Å². The van der Waals surface area contributed by atoms with Crippen molar-refractivity contribution in [2.75, 3.05) is 6.54 Å². The standard InChI is InChI=1S/C8H15NO2/c9-6-5-8(10)11-7-3-1-2-4-7/h7H,1-6,9H2. The van der Waals surface area contributed by atoms with Gasteiger partial charge < -0.3 is 10.5 Å². The predicted molar refractivity (Wildman–Crippen MR) is 42.0 cm³/mol. The molecular weight excluding hydrogens is 142 g/mol. The summed E-state index contributed by atoms with van der Waals surface area (Å²) >= 11 is 0. The third kappa shape index (κ3) is 2.89. The minimum atomic E-state index is -0.139. The van der Waals surface area contributed by atoms with Crippen molar-refractivity contribution in [3.05, 3.63) is 0 Å². The van der Waals surface area contributed by atoms with Crippen LogP contribution in [0.3, 0.4) is 0 Å². The Hall–Kier alpha value is -0.570. The number of hydrogen-bond donors (Lipinski definition) is 1. The molecule has 3 heteroatoms. The van der Waals surface area contributed by atoms with Gasteiger partial charge in [0.05, 0.1) is 6.42 Å². The Balaban J connectivity index is 2.13. The van der Waals surface area contributed by atoms with E-state index in [2.05, 4.69) is 0 Å². The molecule has 1 saturated carbocycles. The van der Waals surface area contributed by atoms with Crippen LogP contribution in [0.5, 0.6) is 0 Å². The van der Waals surface area contributed by atoms with Gasteiger partial charge in [0.25, 0.3) is 0 Å². The molecule has 0 aliphatic heterocycles.